The molecule has 2 atom stereocenters. The Morgan fingerprint density at radius 2 is 2.03 bits per heavy atom. The second-order valence-corrected chi connectivity index (χ2v) is 14.5. The predicted octanol–water partition coefficient (Wildman–Crippen LogP) is 2.13. The van der Waals surface area contributed by atoms with Gasteiger partial charge in [-0.15, -0.1) is 0 Å². The van der Waals surface area contributed by atoms with Crippen molar-refractivity contribution < 1.29 is 31.1 Å². The van der Waals surface area contributed by atoms with Crippen molar-refractivity contribution in [2.45, 2.75) is 37.8 Å². The van der Waals surface area contributed by atoms with Crippen molar-refractivity contribution >= 4 is 37.0 Å². The summed E-state index contributed by atoms with van der Waals surface area (Å²) in [4.78, 5) is 21.0. The maximum Gasteiger partial charge on any atom is 0.229 e. The molecule has 0 spiro atoms. The van der Waals surface area contributed by atoms with E-state index < -0.39 is 25.1 Å². The molecule has 37 heavy (non-hydrogen) atoms. The zero-order chi connectivity index (χ0) is 26.6. The van der Waals surface area contributed by atoms with Gasteiger partial charge in [0, 0.05) is 25.3 Å². The fourth-order valence-corrected chi connectivity index (χ4v) is 8.42. The number of fused-ring (bicyclic) bond motifs is 1. The SMILES string of the molecule is Cc1cc(N2CCOc3ccc(O[C@H]4CCN(C(=O)C5(C)CCS(=O)(=O)C5)C4)cc32)cnc1S(C)(=O)=O. The highest BCUT2D eigenvalue weighted by atomic mass is 32.2. The number of sulfone groups is 2. The molecule has 2 aromatic rings. The Bertz CT molecular complexity index is 1460. The van der Waals surface area contributed by atoms with Crippen molar-refractivity contribution in [2.24, 2.45) is 5.41 Å². The van der Waals surface area contributed by atoms with E-state index in [1.54, 1.807) is 31.0 Å². The van der Waals surface area contributed by atoms with Crippen LogP contribution < -0.4 is 14.4 Å². The van der Waals surface area contributed by atoms with Gasteiger partial charge in [0.1, 0.15) is 24.2 Å². The summed E-state index contributed by atoms with van der Waals surface area (Å²) in [6.07, 6.45) is 3.50. The van der Waals surface area contributed by atoms with Gasteiger partial charge in [-0.2, -0.15) is 0 Å². The summed E-state index contributed by atoms with van der Waals surface area (Å²) in [6, 6.07) is 7.35. The van der Waals surface area contributed by atoms with Crippen LogP contribution in [0.2, 0.25) is 0 Å². The molecule has 10 nitrogen and oxygen atoms in total. The highest BCUT2D eigenvalue weighted by Gasteiger charge is 2.47. The van der Waals surface area contributed by atoms with E-state index in [1.807, 2.05) is 23.1 Å². The van der Waals surface area contributed by atoms with Crippen LogP contribution >= 0.6 is 0 Å². The summed E-state index contributed by atoms with van der Waals surface area (Å²) in [5.41, 5.74) is 1.24. The van der Waals surface area contributed by atoms with Crippen molar-refractivity contribution in [2.75, 3.05) is 48.9 Å². The highest BCUT2D eigenvalue weighted by Crippen LogP contribution is 2.40. The minimum absolute atomic E-state index is 0.0583. The fourth-order valence-electron chi connectivity index (χ4n) is 5.38. The first-order valence-electron chi connectivity index (χ1n) is 12.2. The Morgan fingerprint density at radius 3 is 2.70 bits per heavy atom. The number of likely N-dealkylation sites (tertiary alicyclic amines) is 1. The number of anilines is 2. The number of rotatable bonds is 5. The Kier molecular flexibility index (Phi) is 6.38. The Labute approximate surface area is 217 Å². The van der Waals surface area contributed by atoms with E-state index in [1.165, 1.54) is 0 Å². The van der Waals surface area contributed by atoms with Gasteiger partial charge >= 0.3 is 0 Å². The zero-order valence-corrected chi connectivity index (χ0v) is 22.8. The molecule has 2 fully saturated rings. The lowest BCUT2D eigenvalue weighted by Gasteiger charge is -2.32. The van der Waals surface area contributed by atoms with Crippen LogP contribution in [0.25, 0.3) is 0 Å². The Hall–Kier alpha value is -2.86. The Morgan fingerprint density at radius 1 is 1.24 bits per heavy atom. The number of ether oxygens (including phenoxy) is 2. The number of carbonyl (C=O) groups excluding carboxylic acids is 1. The molecule has 1 amide bonds. The largest absolute Gasteiger partial charge is 0.490 e. The first-order chi connectivity index (χ1) is 17.3. The van der Waals surface area contributed by atoms with Gasteiger partial charge in [-0.1, -0.05) is 0 Å². The molecule has 1 aromatic carbocycles. The van der Waals surface area contributed by atoms with Crippen LogP contribution in [0.15, 0.2) is 35.5 Å². The molecule has 3 aliphatic rings. The first kappa shape index (κ1) is 25.8. The molecular weight excluding hydrogens is 518 g/mol. The van der Waals surface area contributed by atoms with Crippen molar-refractivity contribution in [3.63, 3.8) is 0 Å². The molecule has 2 saturated heterocycles. The van der Waals surface area contributed by atoms with Crippen LogP contribution in [0.5, 0.6) is 11.5 Å². The van der Waals surface area contributed by atoms with Crippen molar-refractivity contribution in [1.82, 2.24) is 9.88 Å². The number of nitrogens with zero attached hydrogens (tertiary/aromatic N) is 3. The summed E-state index contributed by atoms with van der Waals surface area (Å²) in [5.74, 6) is 1.15. The van der Waals surface area contributed by atoms with E-state index in [9.17, 15) is 21.6 Å². The van der Waals surface area contributed by atoms with Gasteiger partial charge in [0.05, 0.1) is 47.6 Å². The Balaban J connectivity index is 1.31. The average molecular weight is 550 g/mol. The van der Waals surface area contributed by atoms with Gasteiger partial charge in [-0.05, 0) is 44.0 Å². The summed E-state index contributed by atoms with van der Waals surface area (Å²) in [6.45, 7) is 5.42. The predicted molar refractivity (Wildman–Crippen MR) is 138 cm³/mol. The molecule has 0 aliphatic carbocycles. The smallest absolute Gasteiger partial charge is 0.229 e. The van der Waals surface area contributed by atoms with Crippen LogP contribution in [0.3, 0.4) is 0 Å². The number of carbonyl (C=O) groups is 1. The van der Waals surface area contributed by atoms with Crippen LogP contribution in [-0.4, -0.2) is 82.7 Å². The third kappa shape index (κ3) is 5.13. The van der Waals surface area contributed by atoms with Crippen LogP contribution in [0, 0.1) is 12.3 Å². The number of pyridine rings is 1. The minimum atomic E-state index is -3.42. The number of hydrogen-bond donors (Lipinski definition) is 0. The lowest BCUT2D eigenvalue weighted by Crippen LogP contribution is -2.42. The van der Waals surface area contributed by atoms with Gasteiger partial charge in [0.25, 0.3) is 0 Å². The van der Waals surface area contributed by atoms with Gasteiger partial charge in [0.15, 0.2) is 24.7 Å². The van der Waals surface area contributed by atoms with E-state index in [-0.39, 0.29) is 28.5 Å². The van der Waals surface area contributed by atoms with Crippen LogP contribution in [0.4, 0.5) is 11.4 Å². The van der Waals surface area contributed by atoms with Crippen LogP contribution in [0.1, 0.15) is 25.3 Å². The first-order valence-corrected chi connectivity index (χ1v) is 15.9. The number of benzene rings is 1. The zero-order valence-electron chi connectivity index (χ0n) is 21.1. The molecule has 0 N–H and O–H groups in total. The number of amides is 1. The fraction of sp³-hybridized carbons (Fsp3) is 0.520. The summed E-state index contributed by atoms with van der Waals surface area (Å²) in [7, 11) is -6.59. The summed E-state index contributed by atoms with van der Waals surface area (Å²) >= 11 is 0. The monoisotopic (exact) mass is 549 g/mol. The van der Waals surface area contributed by atoms with Gasteiger partial charge in [-0.3, -0.25) is 4.79 Å². The average Bonchev–Trinajstić information content (AvgIpc) is 3.40. The lowest BCUT2D eigenvalue weighted by molar-refractivity contribution is -0.139. The second kappa shape index (κ2) is 9.16. The maximum atomic E-state index is 13.1. The molecule has 1 aromatic heterocycles. The third-order valence-corrected chi connectivity index (χ3v) is 10.3. The summed E-state index contributed by atoms with van der Waals surface area (Å²) in [5, 5.41) is 0.0613. The highest BCUT2D eigenvalue weighted by molar-refractivity contribution is 7.91. The molecule has 1 unspecified atom stereocenters. The standard InChI is InChI=1S/C25H31N3O7S2/c1-17-12-18(14-26-23(17)36(3,30)31)28-9-10-34-22-5-4-19(13-21(22)28)35-20-6-8-27(15-20)24(29)25(2)7-11-37(32,33)16-25/h4-5,12-14,20H,6-11,15-16H2,1-3H3/t20-,25?/m0/s1. The molecule has 0 saturated carbocycles. The van der Waals surface area contributed by atoms with Gasteiger partial charge in [-0.25, -0.2) is 21.8 Å². The summed E-state index contributed by atoms with van der Waals surface area (Å²) < 4.78 is 59.9. The number of aromatic nitrogens is 1. The maximum absolute atomic E-state index is 13.1. The topological polar surface area (TPSA) is 123 Å². The second-order valence-electron chi connectivity index (χ2n) is 10.4. The van der Waals surface area contributed by atoms with Crippen LogP contribution in [-0.2, 0) is 24.5 Å². The molecular formula is C25H31N3O7S2. The van der Waals surface area contributed by atoms with E-state index in [2.05, 4.69) is 4.98 Å². The number of aryl methyl sites for hydroxylation is 1. The van der Waals surface area contributed by atoms with E-state index in [4.69, 9.17) is 9.47 Å². The van der Waals surface area contributed by atoms with Gasteiger partial charge in [0.2, 0.25) is 5.91 Å². The van der Waals surface area contributed by atoms with Crippen molar-refractivity contribution in [1.29, 1.82) is 0 Å². The van der Waals surface area contributed by atoms with E-state index in [0.717, 1.165) is 17.6 Å². The molecule has 0 radical (unpaired) electrons. The third-order valence-electron chi connectivity index (χ3n) is 7.23. The molecule has 200 valence electrons. The molecule has 4 heterocycles. The van der Waals surface area contributed by atoms with E-state index >= 15 is 0 Å². The molecule has 3 aliphatic heterocycles. The normalized spacial score (nSPS) is 25.0. The number of hydrogen-bond acceptors (Lipinski definition) is 9. The van der Waals surface area contributed by atoms with Gasteiger partial charge < -0.3 is 19.3 Å². The molecule has 5 rings (SSSR count). The molecule has 12 heteroatoms. The lowest BCUT2D eigenvalue weighted by atomic mass is 9.88. The van der Waals surface area contributed by atoms with E-state index in [0.29, 0.717) is 56.1 Å². The minimum Gasteiger partial charge on any atom is -0.490 e. The quantitative estimate of drug-likeness (QED) is 0.552. The van der Waals surface area contributed by atoms with Crippen molar-refractivity contribution in [3.8, 4) is 11.5 Å². The molecule has 0 bridgehead atoms. The van der Waals surface area contributed by atoms with Crippen molar-refractivity contribution in [3.05, 3.63) is 36.0 Å².